The number of carboxylic acids is 1. The summed E-state index contributed by atoms with van der Waals surface area (Å²) in [5.74, 6) is 0.753. The number of aliphatic carboxylic acids is 1. The lowest BCUT2D eigenvalue weighted by Gasteiger charge is -2.35. The fourth-order valence-electron chi connectivity index (χ4n) is 7.28. The van der Waals surface area contributed by atoms with Crippen molar-refractivity contribution in [2.75, 3.05) is 32.7 Å². The topological polar surface area (TPSA) is 72.5 Å². The lowest BCUT2D eigenvalue weighted by atomic mass is 9.83. The van der Waals surface area contributed by atoms with Crippen molar-refractivity contribution in [3.8, 4) is 0 Å². The minimum atomic E-state index is -4.41. The van der Waals surface area contributed by atoms with E-state index >= 15 is 0 Å². The summed E-state index contributed by atoms with van der Waals surface area (Å²) in [6, 6.07) is 11.3. The molecule has 6 nitrogen and oxygen atoms in total. The average Bonchev–Trinajstić information content (AvgIpc) is 3.57. The molecule has 2 aliphatic heterocycles. The number of carbonyl (C=O) groups is 1. The lowest BCUT2D eigenvalue weighted by Crippen LogP contribution is -2.46. The van der Waals surface area contributed by atoms with Gasteiger partial charge in [-0.1, -0.05) is 49.6 Å². The molecular weight excluding hydrogens is 505 g/mol. The summed E-state index contributed by atoms with van der Waals surface area (Å²) in [6.45, 7) is 4.52. The molecule has 214 valence electrons. The Kier molecular flexibility index (Phi) is 8.96. The van der Waals surface area contributed by atoms with Crippen LogP contribution in [0.4, 0.5) is 13.2 Å². The average molecular weight is 547 g/mol. The highest BCUT2D eigenvalue weighted by atomic mass is 19.4. The molecule has 1 saturated carbocycles. The SMILES string of the molecule is O=C(O)C(C1CCCCC1)N1CC(CN2CCC(CCc3cc(C(F)(F)F)n[nH]3)CC2)C(c2ccccc2)C1. The summed E-state index contributed by atoms with van der Waals surface area (Å²) in [5, 5.41) is 16.2. The third-order valence-electron chi connectivity index (χ3n) is 9.38. The Hall–Kier alpha value is -2.39. The number of benzene rings is 1. The first-order chi connectivity index (χ1) is 18.8. The molecule has 3 heterocycles. The molecule has 2 aromatic rings. The van der Waals surface area contributed by atoms with Gasteiger partial charge in [0.25, 0.3) is 0 Å². The number of nitrogens with zero attached hydrogens (tertiary/aromatic N) is 3. The molecule has 39 heavy (non-hydrogen) atoms. The summed E-state index contributed by atoms with van der Waals surface area (Å²) in [4.78, 5) is 17.3. The van der Waals surface area contributed by atoms with Crippen molar-refractivity contribution in [3.63, 3.8) is 0 Å². The van der Waals surface area contributed by atoms with Crippen LogP contribution >= 0.6 is 0 Å². The number of carboxylic acid groups (broad SMARTS) is 1. The zero-order valence-electron chi connectivity index (χ0n) is 22.6. The van der Waals surface area contributed by atoms with Gasteiger partial charge in [-0.15, -0.1) is 0 Å². The van der Waals surface area contributed by atoms with E-state index in [1.807, 2.05) is 6.07 Å². The van der Waals surface area contributed by atoms with Crippen LogP contribution in [0.1, 0.15) is 74.2 Å². The number of hydrogen-bond acceptors (Lipinski definition) is 4. The fourth-order valence-corrected chi connectivity index (χ4v) is 7.28. The number of H-pyrrole nitrogens is 1. The van der Waals surface area contributed by atoms with Gasteiger partial charge < -0.3 is 10.0 Å². The number of alkyl halides is 3. The van der Waals surface area contributed by atoms with Crippen molar-refractivity contribution >= 4 is 5.97 Å². The van der Waals surface area contributed by atoms with Crippen molar-refractivity contribution in [2.24, 2.45) is 17.8 Å². The third kappa shape index (κ3) is 7.04. The molecule has 1 aliphatic carbocycles. The van der Waals surface area contributed by atoms with Crippen LogP contribution in [0.3, 0.4) is 0 Å². The number of likely N-dealkylation sites (tertiary alicyclic amines) is 2. The van der Waals surface area contributed by atoms with Gasteiger partial charge in [0.2, 0.25) is 0 Å². The van der Waals surface area contributed by atoms with Crippen LogP contribution in [0.15, 0.2) is 36.4 Å². The van der Waals surface area contributed by atoms with Gasteiger partial charge in [0.05, 0.1) is 0 Å². The highest BCUT2D eigenvalue weighted by Gasteiger charge is 2.43. The highest BCUT2D eigenvalue weighted by molar-refractivity contribution is 5.74. The van der Waals surface area contributed by atoms with Crippen molar-refractivity contribution in [1.29, 1.82) is 0 Å². The Morgan fingerprint density at radius 3 is 2.41 bits per heavy atom. The number of rotatable bonds is 9. The standard InChI is InChI=1S/C30H41F3N4O2/c31-30(32,33)27-17-25(34-35-27)12-11-21-13-15-36(16-14-21)18-24-19-37(20-26(24)22-7-3-1-4-8-22)28(29(38)39)23-9-5-2-6-10-23/h1,3-4,7-8,17,21,23-24,26,28H,2,5-6,9-16,18-20H2,(H,34,35)(H,38,39). The summed E-state index contributed by atoms with van der Waals surface area (Å²) < 4.78 is 38.5. The van der Waals surface area contributed by atoms with Crippen LogP contribution in [0, 0.1) is 17.8 Å². The van der Waals surface area contributed by atoms with E-state index in [1.165, 1.54) is 12.0 Å². The molecule has 2 N–H and O–H groups in total. The molecule has 9 heteroatoms. The van der Waals surface area contributed by atoms with E-state index in [4.69, 9.17) is 0 Å². The number of aryl methyl sites for hydroxylation is 1. The van der Waals surface area contributed by atoms with Gasteiger partial charge in [0.15, 0.2) is 5.69 Å². The van der Waals surface area contributed by atoms with Gasteiger partial charge in [0.1, 0.15) is 6.04 Å². The van der Waals surface area contributed by atoms with E-state index < -0.39 is 23.9 Å². The monoisotopic (exact) mass is 546 g/mol. The number of nitrogens with one attached hydrogen (secondary N) is 1. The van der Waals surface area contributed by atoms with E-state index in [0.29, 0.717) is 29.9 Å². The van der Waals surface area contributed by atoms with Gasteiger partial charge >= 0.3 is 12.1 Å². The number of aromatic nitrogens is 2. The van der Waals surface area contributed by atoms with Gasteiger partial charge in [-0.3, -0.25) is 14.8 Å². The Bertz CT molecular complexity index is 1060. The van der Waals surface area contributed by atoms with Crippen LogP contribution in [0.25, 0.3) is 0 Å². The maximum absolute atomic E-state index is 12.8. The minimum Gasteiger partial charge on any atom is -0.480 e. The lowest BCUT2D eigenvalue weighted by molar-refractivity contribution is -0.145. The van der Waals surface area contributed by atoms with Gasteiger partial charge in [-0.2, -0.15) is 18.3 Å². The molecule has 3 fully saturated rings. The van der Waals surface area contributed by atoms with E-state index in [-0.39, 0.29) is 5.92 Å². The first-order valence-electron chi connectivity index (χ1n) is 14.6. The van der Waals surface area contributed by atoms with E-state index in [1.54, 1.807) is 0 Å². The summed E-state index contributed by atoms with van der Waals surface area (Å²) in [5.41, 5.74) is 0.998. The largest absolute Gasteiger partial charge is 0.480 e. The molecule has 0 bridgehead atoms. The Morgan fingerprint density at radius 2 is 1.77 bits per heavy atom. The van der Waals surface area contributed by atoms with Crippen molar-refractivity contribution in [1.82, 2.24) is 20.0 Å². The van der Waals surface area contributed by atoms with Crippen LogP contribution in [0.2, 0.25) is 0 Å². The number of aromatic amines is 1. The molecule has 0 radical (unpaired) electrons. The molecule has 3 aliphatic rings. The van der Waals surface area contributed by atoms with E-state index in [2.05, 4.69) is 44.3 Å². The van der Waals surface area contributed by atoms with Gasteiger partial charge in [0, 0.05) is 31.2 Å². The smallest absolute Gasteiger partial charge is 0.435 e. The predicted molar refractivity (Wildman–Crippen MR) is 143 cm³/mol. The number of hydrogen-bond donors (Lipinski definition) is 2. The second-order valence-electron chi connectivity index (χ2n) is 12.0. The third-order valence-corrected chi connectivity index (χ3v) is 9.38. The summed E-state index contributed by atoms with van der Waals surface area (Å²) in [7, 11) is 0. The Morgan fingerprint density at radius 1 is 1.05 bits per heavy atom. The first kappa shape index (κ1) is 28.1. The molecule has 0 spiro atoms. The van der Waals surface area contributed by atoms with Gasteiger partial charge in [-0.25, -0.2) is 0 Å². The Labute approximate surface area is 229 Å². The van der Waals surface area contributed by atoms with Crippen molar-refractivity contribution in [3.05, 3.63) is 53.3 Å². The zero-order chi connectivity index (χ0) is 27.4. The minimum absolute atomic E-state index is 0.240. The van der Waals surface area contributed by atoms with E-state index in [0.717, 1.165) is 83.7 Å². The molecule has 0 amide bonds. The fraction of sp³-hybridized carbons (Fsp3) is 0.667. The maximum atomic E-state index is 12.8. The zero-order valence-corrected chi connectivity index (χ0v) is 22.6. The number of piperidine rings is 1. The molecule has 1 aromatic heterocycles. The maximum Gasteiger partial charge on any atom is 0.435 e. The first-order valence-corrected chi connectivity index (χ1v) is 14.6. The van der Waals surface area contributed by atoms with Crippen molar-refractivity contribution < 1.29 is 23.1 Å². The molecule has 1 aromatic carbocycles. The van der Waals surface area contributed by atoms with E-state index in [9.17, 15) is 23.1 Å². The Balaban J connectivity index is 1.18. The van der Waals surface area contributed by atoms with Crippen LogP contribution < -0.4 is 0 Å². The molecule has 5 rings (SSSR count). The molecular formula is C30H41F3N4O2. The van der Waals surface area contributed by atoms with Crippen LogP contribution in [-0.2, 0) is 17.4 Å². The highest BCUT2D eigenvalue weighted by Crippen LogP contribution is 2.39. The molecule has 3 unspecified atom stereocenters. The molecule has 3 atom stereocenters. The summed E-state index contributed by atoms with van der Waals surface area (Å²) in [6.07, 6.45) is 4.60. The normalized spacial score (nSPS) is 25.2. The van der Waals surface area contributed by atoms with Gasteiger partial charge in [-0.05, 0) is 81.0 Å². The van der Waals surface area contributed by atoms with Crippen LogP contribution in [-0.4, -0.2) is 69.8 Å². The second kappa shape index (κ2) is 12.4. The predicted octanol–water partition coefficient (Wildman–Crippen LogP) is 5.82. The van der Waals surface area contributed by atoms with Crippen LogP contribution in [0.5, 0.6) is 0 Å². The van der Waals surface area contributed by atoms with Crippen molar-refractivity contribution in [2.45, 2.75) is 75.9 Å². The summed E-state index contributed by atoms with van der Waals surface area (Å²) >= 11 is 0. The number of halogens is 3. The molecule has 2 saturated heterocycles. The second-order valence-corrected chi connectivity index (χ2v) is 12.0. The quantitative estimate of drug-likeness (QED) is 0.415.